The number of carbonyl (C=O) groups is 1. The van der Waals surface area contributed by atoms with Crippen LogP contribution >= 0.6 is 0 Å². The second-order valence-corrected chi connectivity index (χ2v) is 5.70. The van der Waals surface area contributed by atoms with Gasteiger partial charge in [-0.15, -0.1) is 0 Å². The Morgan fingerprint density at radius 1 is 1.24 bits per heavy atom. The lowest BCUT2D eigenvalue weighted by atomic mass is 10.2. The van der Waals surface area contributed by atoms with Crippen molar-refractivity contribution in [1.29, 1.82) is 0 Å². The van der Waals surface area contributed by atoms with Gasteiger partial charge in [0, 0.05) is 44.8 Å². The quantitative estimate of drug-likeness (QED) is 0.846. The van der Waals surface area contributed by atoms with Crippen molar-refractivity contribution in [3.63, 3.8) is 0 Å². The molecular weight excluding hydrogens is 268 g/mol. The molecule has 1 fully saturated rings. The molecule has 0 bridgehead atoms. The van der Waals surface area contributed by atoms with Crippen LogP contribution in [-0.2, 0) is 11.3 Å². The Bertz CT molecular complexity index is 445. The Kier molecular flexibility index (Phi) is 5.76. The van der Waals surface area contributed by atoms with Gasteiger partial charge >= 0.3 is 0 Å². The lowest BCUT2D eigenvalue weighted by Crippen LogP contribution is -2.49. The number of rotatable bonds is 6. The molecule has 1 aromatic heterocycles. The van der Waals surface area contributed by atoms with Gasteiger partial charge in [0.25, 0.3) is 0 Å². The molecule has 1 saturated heterocycles. The number of hydrogen-bond donors (Lipinski definition) is 1. The Balaban J connectivity index is 1.74. The van der Waals surface area contributed by atoms with Crippen molar-refractivity contribution in [1.82, 2.24) is 20.3 Å². The van der Waals surface area contributed by atoms with E-state index in [1.165, 1.54) is 5.56 Å². The van der Waals surface area contributed by atoms with E-state index in [4.69, 9.17) is 4.52 Å². The summed E-state index contributed by atoms with van der Waals surface area (Å²) in [6.45, 7) is 12.0. The van der Waals surface area contributed by atoms with E-state index in [0.29, 0.717) is 6.54 Å². The Labute approximate surface area is 126 Å². The monoisotopic (exact) mass is 294 g/mol. The molecule has 0 atom stereocenters. The van der Waals surface area contributed by atoms with Crippen molar-refractivity contribution in [2.45, 2.75) is 33.7 Å². The maximum atomic E-state index is 11.7. The number of nitrogens with zero attached hydrogens (tertiary/aromatic N) is 3. The molecular formula is C15H26N4O2. The third-order valence-electron chi connectivity index (χ3n) is 3.97. The topological polar surface area (TPSA) is 61.6 Å². The lowest BCUT2D eigenvalue weighted by Gasteiger charge is -2.34. The van der Waals surface area contributed by atoms with E-state index in [1.807, 2.05) is 13.8 Å². The number of carbonyl (C=O) groups excluding carboxylic acids is 1. The zero-order chi connectivity index (χ0) is 15.2. The molecule has 6 nitrogen and oxygen atoms in total. The SMILES string of the molecule is CCCNC(=O)CN1CCN(Cc2c(C)noc2C)CC1. The van der Waals surface area contributed by atoms with Crippen LogP contribution in [0.5, 0.6) is 0 Å². The second-order valence-electron chi connectivity index (χ2n) is 5.70. The first kappa shape index (κ1) is 16.0. The summed E-state index contributed by atoms with van der Waals surface area (Å²) < 4.78 is 5.21. The summed E-state index contributed by atoms with van der Waals surface area (Å²) in [5, 5.41) is 6.93. The first-order valence-electron chi connectivity index (χ1n) is 7.73. The third kappa shape index (κ3) is 4.54. The van der Waals surface area contributed by atoms with Gasteiger partial charge in [0.05, 0.1) is 12.2 Å². The fourth-order valence-corrected chi connectivity index (χ4v) is 2.58. The molecule has 21 heavy (non-hydrogen) atoms. The largest absolute Gasteiger partial charge is 0.361 e. The molecule has 1 aliphatic heterocycles. The zero-order valence-corrected chi connectivity index (χ0v) is 13.3. The highest BCUT2D eigenvalue weighted by molar-refractivity contribution is 5.77. The average Bonchev–Trinajstić information content (AvgIpc) is 2.79. The summed E-state index contributed by atoms with van der Waals surface area (Å²) in [5.41, 5.74) is 2.18. The summed E-state index contributed by atoms with van der Waals surface area (Å²) >= 11 is 0. The van der Waals surface area contributed by atoms with Crippen molar-refractivity contribution in [2.24, 2.45) is 0 Å². The minimum atomic E-state index is 0.135. The molecule has 1 aromatic rings. The van der Waals surface area contributed by atoms with Crippen LogP contribution in [0.15, 0.2) is 4.52 Å². The minimum absolute atomic E-state index is 0.135. The number of hydrogen-bond acceptors (Lipinski definition) is 5. The van der Waals surface area contributed by atoms with Crippen LogP contribution in [0.2, 0.25) is 0 Å². The van der Waals surface area contributed by atoms with E-state index < -0.39 is 0 Å². The van der Waals surface area contributed by atoms with Crippen molar-refractivity contribution in [3.05, 3.63) is 17.0 Å². The summed E-state index contributed by atoms with van der Waals surface area (Å²) in [6.07, 6.45) is 0.983. The fraction of sp³-hybridized carbons (Fsp3) is 0.733. The normalized spacial score (nSPS) is 17.1. The van der Waals surface area contributed by atoms with Gasteiger partial charge in [-0.05, 0) is 20.3 Å². The molecule has 6 heteroatoms. The number of amides is 1. The Hall–Kier alpha value is -1.40. The van der Waals surface area contributed by atoms with E-state index >= 15 is 0 Å². The number of nitrogens with one attached hydrogen (secondary N) is 1. The van der Waals surface area contributed by atoms with Crippen molar-refractivity contribution in [2.75, 3.05) is 39.3 Å². The fourth-order valence-electron chi connectivity index (χ4n) is 2.58. The smallest absolute Gasteiger partial charge is 0.234 e. The highest BCUT2D eigenvalue weighted by Gasteiger charge is 2.21. The maximum absolute atomic E-state index is 11.7. The van der Waals surface area contributed by atoms with E-state index in [2.05, 4.69) is 27.2 Å². The van der Waals surface area contributed by atoms with Crippen molar-refractivity contribution < 1.29 is 9.32 Å². The zero-order valence-electron chi connectivity index (χ0n) is 13.3. The van der Waals surface area contributed by atoms with Crippen molar-refractivity contribution in [3.8, 4) is 0 Å². The average molecular weight is 294 g/mol. The van der Waals surface area contributed by atoms with Gasteiger partial charge in [0.1, 0.15) is 5.76 Å². The first-order chi connectivity index (χ1) is 10.1. The van der Waals surface area contributed by atoms with Gasteiger partial charge in [-0.2, -0.15) is 0 Å². The van der Waals surface area contributed by atoms with E-state index in [9.17, 15) is 4.79 Å². The molecule has 0 saturated carbocycles. The number of aromatic nitrogens is 1. The molecule has 0 aromatic carbocycles. The standard InChI is InChI=1S/C15H26N4O2/c1-4-5-16-15(20)11-19-8-6-18(7-9-19)10-14-12(2)17-21-13(14)3/h4-11H2,1-3H3,(H,16,20). The predicted molar refractivity (Wildman–Crippen MR) is 81.0 cm³/mol. The van der Waals surface area contributed by atoms with Gasteiger partial charge in [0.2, 0.25) is 5.91 Å². The molecule has 1 aliphatic rings. The number of piperazine rings is 1. The van der Waals surface area contributed by atoms with Crippen LogP contribution < -0.4 is 5.32 Å². The van der Waals surface area contributed by atoms with Crippen LogP contribution in [0, 0.1) is 13.8 Å². The lowest BCUT2D eigenvalue weighted by molar-refractivity contribution is -0.122. The van der Waals surface area contributed by atoms with Crippen LogP contribution in [0.4, 0.5) is 0 Å². The molecule has 0 aliphatic carbocycles. The highest BCUT2D eigenvalue weighted by atomic mass is 16.5. The molecule has 1 N–H and O–H groups in total. The molecule has 0 spiro atoms. The van der Waals surface area contributed by atoms with Gasteiger partial charge in [0.15, 0.2) is 0 Å². The summed E-state index contributed by atoms with van der Waals surface area (Å²) in [6, 6.07) is 0. The Morgan fingerprint density at radius 3 is 2.48 bits per heavy atom. The third-order valence-corrected chi connectivity index (χ3v) is 3.97. The van der Waals surface area contributed by atoms with Crippen molar-refractivity contribution >= 4 is 5.91 Å². The van der Waals surface area contributed by atoms with Gasteiger partial charge in [-0.3, -0.25) is 14.6 Å². The van der Waals surface area contributed by atoms with E-state index in [1.54, 1.807) is 0 Å². The van der Waals surface area contributed by atoms with E-state index in [-0.39, 0.29) is 5.91 Å². The molecule has 0 radical (unpaired) electrons. The summed E-state index contributed by atoms with van der Waals surface area (Å²) in [4.78, 5) is 16.3. The minimum Gasteiger partial charge on any atom is -0.361 e. The predicted octanol–water partition coefficient (Wildman–Crippen LogP) is 0.935. The van der Waals surface area contributed by atoms with Crippen LogP contribution in [-0.4, -0.2) is 60.1 Å². The molecule has 118 valence electrons. The number of aryl methyl sites for hydroxylation is 2. The summed E-state index contributed by atoms with van der Waals surface area (Å²) in [7, 11) is 0. The maximum Gasteiger partial charge on any atom is 0.234 e. The van der Waals surface area contributed by atoms with Crippen LogP contribution in [0.1, 0.15) is 30.4 Å². The molecule has 2 rings (SSSR count). The molecule has 0 unspecified atom stereocenters. The summed E-state index contributed by atoms with van der Waals surface area (Å²) in [5.74, 6) is 1.05. The van der Waals surface area contributed by atoms with Gasteiger partial charge < -0.3 is 9.84 Å². The Morgan fingerprint density at radius 2 is 1.90 bits per heavy atom. The van der Waals surface area contributed by atoms with Gasteiger partial charge in [-0.25, -0.2) is 0 Å². The highest BCUT2D eigenvalue weighted by Crippen LogP contribution is 2.16. The first-order valence-corrected chi connectivity index (χ1v) is 7.73. The van der Waals surface area contributed by atoms with Crippen LogP contribution in [0.3, 0.4) is 0 Å². The van der Waals surface area contributed by atoms with Crippen LogP contribution in [0.25, 0.3) is 0 Å². The molecule has 2 heterocycles. The van der Waals surface area contributed by atoms with Gasteiger partial charge in [-0.1, -0.05) is 12.1 Å². The molecule has 1 amide bonds. The van der Waals surface area contributed by atoms with E-state index in [0.717, 1.165) is 57.1 Å². The second kappa shape index (κ2) is 7.56.